The number of carbonyl (C=O) groups is 1. The number of aliphatic carboxylic acids is 1. The van der Waals surface area contributed by atoms with E-state index in [0.717, 1.165) is 16.2 Å². The summed E-state index contributed by atoms with van der Waals surface area (Å²) in [5, 5.41) is 8.74. The zero-order valence-electron chi connectivity index (χ0n) is 9.09. The molecule has 16 heavy (non-hydrogen) atoms. The van der Waals surface area contributed by atoms with Crippen molar-refractivity contribution in [1.82, 2.24) is 0 Å². The number of carboxylic acids is 1. The van der Waals surface area contributed by atoms with E-state index in [0.29, 0.717) is 0 Å². The predicted octanol–water partition coefficient (Wildman–Crippen LogP) is 1.21. The van der Waals surface area contributed by atoms with E-state index >= 15 is 0 Å². The summed E-state index contributed by atoms with van der Waals surface area (Å²) in [6.45, 7) is 2.07. The second-order valence-corrected chi connectivity index (χ2v) is 4.73. The van der Waals surface area contributed by atoms with Gasteiger partial charge in [-0.25, -0.2) is 0 Å². The Bertz CT molecular complexity index is 354. The number of carboxylic acid groups (broad SMARTS) is 1. The molecule has 1 rings (SSSR count). The van der Waals surface area contributed by atoms with Crippen molar-refractivity contribution in [1.29, 1.82) is 0 Å². The first-order valence-electron chi connectivity index (χ1n) is 5.03. The molecule has 88 valence electrons. The zero-order valence-corrected chi connectivity index (χ0v) is 9.91. The number of thioether (sulfide) groups is 1. The highest BCUT2D eigenvalue weighted by atomic mass is 32.2. The molecule has 0 saturated heterocycles. The summed E-state index contributed by atoms with van der Waals surface area (Å²) in [6.07, 6.45) is 0. The van der Waals surface area contributed by atoms with Crippen LogP contribution in [0.2, 0.25) is 0 Å². The minimum atomic E-state index is -1.08. The van der Waals surface area contributed by atoms with Crippen molar-refractivity contribution >= 4 is 17.7 Å². The molecule has 5 N–H and O–H groups in total. The maximum absolute atomic E-state index is 10.7. The summed E-state index contributed by atoms with van der Waals surface area (Å²) in [5.41, 5.74) is 12.0. The third-order valence-corrected chi connectivity index (χ3v) is 3.14. The lowest BCUT2D eigenvalue weighted by Crippen LogP contribution is -2.40. The van der Waals surface area contributed by atoms with E-state index in [-0.39, 0.29) is 0 Å². The summed E-state index contributed by atoms with van der Waals surface area (Å²) < 4.78 is 0. The maximum atomic E-state index is 10.7. The molecular formula is C11H16N2O2S. The molecule has 0 aliphatic rings. The van der Waals surface area contributed by atoms with Crippen molar-refractivity contribution in [2.75, 3.05) is 5.75 Å². The normalized spacial score (nSPS) is 14.4. The fourth-order valence-corrected chi connectivity index (χ4v) is 1.98. The van der Waals surface area contributed by atoms with E-state index in [1.807, 2.05) is 24.3 Å². The molecule has 0 aliphatic carbocycles. The molecule has 2 atom stereocenters. The smallest absolute Gasteiger partial charge is 0.322 e. The van der Waals surface area contributed by atoms with Gasteiger partial charge in [0.1, 0.15) is 6.04 Å². The molecule has 1 aromatic carbocycles. The Hall–Kier alpha value is -1.04. The third-order valence-electron chi connectivity index (χ3n) is 2.25. The molecule has 0 spiro atoms. The van der Waals surface area contributed by atoms with Gasteiger partial charge in [-0.15, -0.1) is 11.8 Å². The SMILES string of the molecule is CCSc1ccc(C(N)C(N)C(=O)O)cc1. The number of hydrogen-bond donors (Lipinski definition) is 3. The molecule has 0 fully saturated rings. The highest BCUT2D eigenvalue weighted by Gasteiger charge is 2.21. The highest BCUT2D eigenvalue weighted by molar-refractivity contribution is 7.99. The highest BCUT2D eigenvalue weighted by Crippen LogP contribution is 2.20. The third kappa shape index (κ3) is 3.23. The number of hydrogen-bond acceptors (Lipinski definition) is 4. The molecule has 5 heteroatoms. The van der Waals surface area contributed by atoms with E-state index in [2.05, 4.69) is 6.92 Å². The van der Waals surface area contributed by atoms with Gasteiger partial charge in [-0.05, 0) is 23.4 Å². The second kappa shape index (κ2) is 5.89. The Balaban J connectivity index is 2.77. The molecule has 0 radical (unpaired) electrons. The summed E-state index contributed by atoms with van der Waals surface area (Å²) in [7, 11) is 0. The van der Waals surface area contributed by atoms with Crippen LogP contribution in [0.1, 0.15) is 18.5 Å². The first-order valence-corrected chi connectivity index (χ1v) is 6.01. The lowest BCUT2D eigenvalue weighted by atomic mass is 10.0. The van der Waals surface area contributed by atoms with Crippen LogP contribution >= 0.6 is 11.8 Å². The predicted molar refractivity (Wildman–Crippen MR) is 65.4 cm³/mol. The fraction of sp³-hybridized carbons (Fsp3) is 0.364. The van der Waals surface area contributed by atoms with E-state index in [4.69, 9.17) is 16.6 Å². The standard InChI is InChI=1S/C11H16N2O2S/c1-2-16-8-5-3-7(4-6-8)9(12)10(13)11(14)15/h3-6,9-10H,2,12-13H2,1H3,(H,14,15). The maximum Gasteiger partial charge on any atom is 0.322 e. The number of rotatable bonds is 5. The van der Waals surface area contributed by atoms with E-state index in [1.165, 1.54) is 0 Å². The van der Waals surface area contributed by atoms with Crippen LogP contribution in [-0.4, -0.2) is 22.9 Å². The van der Waals surface area contributed by atoms with Crippen molar-refractivity contribution in [2.45, 2.75) is 23.9 Å². The molecule has 0 amide bonds. The van der Waals surface area contributed by atoms with Crippen molar-refractivity contribution in [3.05, 3.63) is 29.8 Å². The summed E-state index contributed by atoms with van der Waals surface area (Å²) in [6, 6.07) is 5.77. The molecule has 0 saturated carbocycles. The second-order valence-electron chi connectivity index (χ2n) is 3.39. The van der Waals surface area contributed by atoms with Gasteiger partial charge in [0.2, 0.25) is 0 Å². The first-order chi connectivity index (χ1) is 7.56. The van der Waals surface area contributed by atoms with Crippen molar-refractivity contribution < 1.29 is 9.90 Å². The number of benzene rings is 1. The number of nitrogens with two attached hydrogens (primary N) is 2. The lowest BCUT2D eigenvalue weighted by Gasteiger charge is -2.16. The van der Waals surface area contributed by atoms with Crippen LogP contribution in [-0.2, 0) is 4.79 Å². The van der Waals surface area contributed by atoms with Crippen LogP contribution in [0.5, 0.6) is 0 Å². The van der Waals surface area contributed by atoms with Gasteiger partial charge in [0.05, 0.1) is 6.04 Å². The van der Waals surface area contributed by atoms with Crippen LogP contribution in [0.15, 0.2) is 29.2 Å². The van der Waals surface area contributed by atoms with Gasteiger partial charge in [-0.2, -0.15) is 0 Å². The molecule has 0 heterocycles. The zero-order chi connectivity index (χ0) is 12.1. The topological polar surface area (TPSA) is 89.3 Å². The minimum absolute atomic E-state index is 0.668. The van der Waals surface area contributed by atoms with E-state index in [9.17, 15) is 4.79 Å². The van der Waals surface area contributed by atoms with Crippen molar-refractivity contribution in [3.63, 3.8) is 0 Å². The van der Waals surface area contributed by atoms with Crippen LogP contribution < -0.4 is 11.5 Å². The Morgan fingerprint density at radius 1 is 1.38 bits per heavy atom. The van der Waals surface area contributed by atoms with Crippen LogP contribution in [0.3, 0.4) is 0 Å². The summed E-state index contributed by atoms with van der Waals surface area (Å²) in [5.74, 6) is -0.0837. The Labute approximate surface area is 99.0 Å². The quantitative estimate of drug-likeness (QED) is 0.673. The van der Waals surface area contributed by atoms with E-state index in [1.54, 1.807) is 11.8 Å². The average molecular weight is 240 g/mol. The monoisotopic (exact) mass is 240 g/mol. The van der Waals surface area contributed by atoms with Gasteiger partial charge in [0, 0.05) is 4.90 Å². The molecule has 4 nitrogen and oxygen atoms in total. The molecule has 0 aromatic heterocycles. The molecule has 0 aliphatic heterocycles. The van der Waals surface area contributed by atoms with Gasteiger partial charge in [0.25, 0.3) is 0 Å². The summed E-state index contributed by atoms with van der Waals surface area (Å²) >= 11 is 1.72. The van der Waals surface area contributed by atoms with Gasteiger partial charge in [-0.3, -0.25) is 4.79 Å². The van der Waals surface area contributed by atoms with Crippen molar-refractivity contribution in [3.8, 4) is 0 Å². The van der Waals surface area contributed by atoms with Crippen LogP contribution in [0, 0.1) is 0 Å². The molecule has 1 aromatic rings. The Morgan fingerprint density at radius 2 is 1.94 bits per heavy atom. The minimum Gasteiger partial charge on any atom is -0.480 e. The largest absolute Gasteiger partial charge is 0.480 e. The van der Waals surface area contributed by atoms with E-state index < -0.39 is 18.1 Å². The Morgan fingerprint density at radius 3 is 2.38 bits per heavy atom. The van der Waals surface area contributed by atoms with Gasteiger partial charge in [0.15, 0.2) is 0 Å². The lowest BCUT2D eigenvalue weighted by molar-refractivity contribution is -0.139. The summed E-state index contributed by atoms with van der Waals surface area (Å²) in [4.78, 5) is 11.8. The van der Waals surface area contributed by atoms with Crippen LogP contribution in [0.4, 0.5) is 0 Å². The van der Waals surface area contributed by atoms with Gasteiger partial charge < -0.3 is 16.6 Å². The molecule has 2 unspecified atom stereocenters. The van der Waals surface area contributed by atoms with Crippen molar-refractivity contribution in [2.24, 2.45) is 11.5 Å². The first kappa shape index (κ1) is 13.0. The molecular weight excluding hydrogens is 224 g/mol. The average Bonchev–Trinajstić information content (AvgIpc) is 2.28. The molecule has 0 bridgehead atoms. The van der Waals surface area contributed by atoms with Gasteiger partial charge >= 0.3 is 5.97 Å². The van der Waals surface area contributed by atoms with Crippen LogP contribution in [0.25, 0.3) is 0 Å². The Kier molecular flexibility index (Phi) is 4.79. The fourth-order valence-electron chi connectivity index (χ4n) is 1.31. The van der Waals surface area contributed by atoms with Gasteiger partial charge in [-0.1, -0.05) is 19.1 Å².